The minimum atomic E-state index is -0.303. The molecule has 1 aliphatic rings. The maximum atomic E-state index is 12.7. The number of carbonyl (C=O) groups is 1. The summed E-state index contributed by atoms with van der Waals surface area (Å²) in [5.74, 6) is 1.72. The number of fused-ring (bicyclic) bond motifs is 1. The van der Waals surface area contributed by atoms with E-state index in [9.17, 15) is 4.79 Å². The van der Waals surface area contributed by atoms with E-state index >= 15 is 0 Å². The van der Waals surface area contributed by atoms with E-state index in [-0.39, 0.29) is 24.3 Å². The molecular weight excluding hydrogens is 400 g/mol. The van der Waals surface area contributed by atoms with Gasteiger partial charge in [0.25, 0.3) is 5.91 Å². The molecule has 0 radical (unpaired) electrons. The first-order valence-electron chi connectivity index (χ1n) is 9.80. The van der Waals surface area contributed by atoms with Crippen LogP contribution in [0.25, 0.3) is 0 Å². The number of benzene rings is 2. The quantitative estimate of drug-likeness (QED) is 0.622. The average Bonchev–Trinajstić information content (AvgIpc) is 3.25. The number of methoxy groups -OCH3 is 3. The van der Waals surface area contributed by atoms with Gasteiger partial charge in [0.1, 0.15) is 11.9 Å². The normalized spacial score (nSPS) is 15.1. The van der Waals surface area contributed by atoms with Gasteiger partial charge in [0.05, 0.1) is 40.2 Å². The Morgan fingerprint density at radius 1 is 1.10 bits per heavy atom. The number of ether oxygens (including phenoxy) is 4. The summed E-state index contributed by atoms with van der Waals surface area (Å²) in [6.45, 7) is 1.06. The molecule has 9 heteroatoms. The van der Waals surface area contributed by atoms with Crippen molar-refractivity contribution in [3.05, 3.63) is 65.0 Å². The van der Waals surface area contributed by atoms with Gasteiger partial charge in [-0.2, -0.15) is 0 Å². The number of aromatic nitrogens is 3. The van der Waals surface area contributed by atoms with E-state index in [2.05, 4.69) is 15.6 Å². The molecule has 0 aliphatic carbocycles. The number of nitrogens with one attached hydrogen (secondary N) is 1. The van der Waals surface area contributed by atoms with Crippen LogP contribution in [0.4, 0.5) is 0 Å². The Bertz CT molecular complexity index is 1060. The average molecular weight is 424 g/mol. The van der Waals surface area contributed by atoms with Crippen LogP contribution < -0.4 is 19.5 Å². The Hall–Kier alpha value is -3.59. The lowest BCUT2D eigenvalue weighted by Crippen LogP contribution is -2.27. The van der Waals surface area contributed by atoms with Crippen LogP contribution in [0.5, 0.6) is 17.2 Å². The fourth-order valence-corrected chi connectivity index (χ4v) is 3.46. The maximum Gasteiger partial charge on any atom is 0.274 e. The zero-order chi connectivity index (χ0) is 21.8. The van der Waals surface area contributed by atoms with Crippen molar-refractivity contribution in [2.75, 3.05) is 21.3 Å². The Balaban J connectivity index is 1.42. The van der Waals surface area contributed by atoms with Crippen LogP contribution in [-0.2, 0) is 24.4 Å². The van der Waals surface area contributed by atoms with Crippen molar-refractivity contribution in [1.82, 2.24) is 20.3 Å². The number of hydrogen-bond acceptors (Lipinski definition) is 7. The van der Waals surface area contributed by atoms with Crippen LogP contribution in [0.3, 0.4) is 0 Å². The predicted octanol–water partition coefficient (Wildman–Crippen LogP) is 2.51. The number of carbonyl (C=O) groups excluding carboxylic acids is 1. The van der Waals surface area contributed by atoms with Crippen LogP contribution in [0.1, 0.15) is 33.4 Å². The number of amides is 1. The standard InChI is InChI=1S/C22H24N4O5/c1-28-16-7-5-15(6-8-16)20-12-26-17(13-31-20)21(24-25-26)22(27)23-11-14-4-9-18(29-2)19(10-14)30-3/h4-10,20H,11-13H2,1-3H3,(H,23,27). The fraction of sp³-hybridized carbons (Fsp3) is 0.318. The summed E-state index contributed by atoms with van der Waals surface area (Å²) in [6.07, 6.45) is -0.164. The summed E-state index contributed by atoms with van der Waals surface area (Å²) in [4.78, 5) is 12.7. The van der Waals surface area contributed by atoms with Crippen molar-refractivity contribution in [3.63, 3.8) is 0 Å². The summed E-state index contributed by atoms with van der Waals surface area (Å²) < 4.78 is 23.4. The molecule has 1 amide bonds. The Morgan fingerprint density at radius 3 is 2.58 bits per heavy atom. The van der Waals surface area contributed by atoms with Gasteiger partial charge < -0.3 is 24.3 Å². The summed E-state index contributed by atoms with van der Waals surface area (Å²) >= 11 is 0. The molecule has 1 N–H and O–H groups in total. The van der Waals surface area contributed by atoms with Gasteiger partial charge in [-0.25, -0.2) is 4.68 Å². The van der Waals surface area contributed by atoms with Crippen LogP contribution in [-0.4, -0.2) is 42.2 Å². The molecule has 162 valence electrons. The lowest BCUT2D eigenvalue weighted by Gasteiger charge is -2.24. The molecule has 1 aromatic heterocycles. The van der Waals surface area contributed by atoms with E-state index in [0.29, 0.717) is 30.3 Å². The third-order valence-corrected chi connectivity index (χ3v) is 5.20. The van der Waals surface area contributed by atoms with Gasteiger partial charge in [-0.05, 0) is 35.4 Å². The molecule has 0 fully saturated rings. The minimum Gasteiger partial charge on any atom is -0.497 e. The second-order valence-electron chi connectivity index (χ2n) is 7.01. The van der Waals surface area contributed by atoms with Crippen molar-refractivity contribution < 1.29 is 23.7 Å². The van der Waals surface area contributed by atoms with Gasteiger partial charge in [0.15, 0.2) is 17.2 Å². The first kappa shape index (κ1) is 20.7. The smallest absolute Gasteiger partial charge is 0.274 e. The second-order valence-corrected chi connectivity index (χ2v) is 7.01. The Labute approximate surface area is 179 Å². The van der Waals surface area contributed by atoms with Crippen LogP contribution in [0, 0.1) is 0 Å². The molecule has 2 heterocycles. The molecular formula is C22H24N4O5. The third kappa shape index (κ3) is 4.31. The highest BCUT2D eigenvalue weighted by atomic mass is 16.5. The highest BCUT2D eigenvalue weighted by Crippen LogP contribution is 2.29. The van der Waals surface area contributed by atoms with E-state index < -0.39 is 0 Å². The van der Waals surface area contributed by atoms with E-state index in [1.54, 1.807) is 32.1 Å². The Kier molecular flexibility index (Phi) is 6.03. The van der Waals surface area contributed by atoms with E-state index in [1.165, 1.54) is 0 Å². The molecule has 2 aromatic carbocycles. The molecule has 31 heavy (non-hydrogen) atoms. The van der Waals surface area contributed by atoms with Gasteiger partial charge in [-0.3, -0.25) is 4.79 Å². The van der Waals surface area contributed by atoms with Crippen LogP contribution in [0.15, 0.2) is 42.5 Å². The van der Waals surface area contributed by atoms with Crippen molar-refractivity contribution >= 4 is 5.91 Å². The molecule has 3 aromatic rings. The van der Waals surface area contributed by atoms with Crippen LogP contribution in [0.2, 0.25) is 0 Å². The molecule has 1 aliphatic heterocycles. The molecule has 0 spiro atoms. The zero-order valence-corrected chi connectivity index (χ0v) is 17.6. The van der Waals surface area contributed by atoms with Gasteiger partial charge in [-0.15, -0.1) is 5.10 Å². The molecule has 9 nitrogen and oxygen atoms in total. The molecule has 0 saturated heterocycles. The van der Waals surface area contributed by atoms with Gasteiger partial charge in [-0.1, -0.05) is 23.4 Å². The lowest BCUT2D eigenvalue weighted by molar-refractivity contribution is -0.00179. The summed E-state index contributed by atoms with van der Waals surface area (Å²) in [7, 11) is 4.78. The van der Waals surface area contributed by atoms with E-state index in [1.807, 2.05) is 36.4 Å². The van der Waals surface area contributed by atoms with Gasteiger partial charge >= 0.3 is 0 Å². The molecule has 1 unspecified atom stereocenters. The highest BCUT2D eigenvalue weighted by molar-refractivity contribution is 5.93. The third-order valence-electron chi connectivity index (χ3n) is 5.20. The van der Waals surface area contributed by atoms with Gasteiger partial charge in [0, 0.05) is 6.54 Å². The molecule has 0 saturated carbocycles. The highest BCUT2D eigenvalue weighted by Gasteiger charge is 2.27. The molecule has 4 rings (SSSR count). The molecule has 0 bridgehead atoms. The first-order chi connectivity index (χ1) is 15.1. The first-order valence-corrected chi connectivity index (χ1v) is 9.80. The monoisotopic (exact) mass is 424 g/mol. The summed E-state index contributed by atoms with van der Waals surface area (Å²) in [5.41, 5.74) is 2.83. The molecule has 1 atom stereocenters. The second kappa shape index (κ2) is 9.05. The topological polar surface area (TPSA) is 96.7 Å². The van der Waals surface area contributed by atoms with Crippen LogP contribution >= 0.6 is 0 Å². The van der Waals surface area contributed by atoms with Gasteiger partial charge in [0.2, 0.25) is 0 Å². The predicted molar refractivity (Wildman–Crippen MR) is 111 cm³/mol. The zero-order valence-electron chi connectivity index (χ0n) is 17.6. The van der Waals surface area contributed by atoms with E-state index in [0.717, 1.165) is 16.9 Å². The van der Waals surface area contributed by atoms with Crippen molar-refractivity contribution in [2.45, 2.75) is 25.8 Å². The SMILES string of the molecule is COc1ccc(C2Cn3nnc(C(=O)NCc4ccc(OC)c(OC)c4)c3CO2)cc1. The van der Waals surface area contributed by atoms with Crippen molar-refractivity contribution in [1.29, 1.82) is 0 Å². The number of nitrogens with zero attached hydrogens (tertiary/aromatic N) is 3. The summed E-state index contributed by atoms with van der Waals surface area (Å²) in [6, 6.07) is 13.2. The lowest BCUT2D eigenvalue weighted by atomic mass is 10.1. The minimum absolute atomic E-state index is 0.164. The largest absolute Gasteiger partial charge is 0.497 e. The maximum absolute atomic E-state index is 12.7. The Morgan fingerprint density at radius 2 is 1.87 bits per heavy atom. The van der Waals surface area contributed by atoms with Crippen molar-refractivity contribution in [2.24, 2.45) is 0 Å². The van der Waals surface area contributed by atoms with E-state index in [4.69, 9.17) is 18.9 Å². The van der Waals surface area contributed by atoms with Crippen molar-refractivity contribution in [3.8, 4) is 17.2 Å². The summed E-state index contributed by atoms with van der Waals surface area (Å²) in [5, 5.41) is 11.1. The number of hydrogen-bond donors (Lipinski definition) is 1. The number of rotatable bonds is 7. The fourth-order valence-electron chi connectivity index (χ4n) is 3.46.